The molecule has 0 bridgehead atoms. The molecule has 11 heavy (non-hydrogen) atoms. The molecule has 0 fully saturated rings. The van der Waals surface area contributed by atoms with Crippen LogP contribution in [-0.2, 0) is 0 Å². The van der Waals surface area contributed by atoms with Crippen LogP contribution in [0.1, 0.15) is 11.1 Å². The van der Waals surface area contributed by atoms with Gasteiger partial charge in [-0.3, -0.25) is 0 Å². The lowest BCUT2D eigenvalue weighted by Crippen LogP contribution is -1.74. The minimum Gasteiger partial charge on any atom is -0.0781 e. The monoisotopic (exact) mass is 162 g/mol. The Morgan fingerprint density at radius 1 is 1.36 bits per heavy atom. The largest absolute Gasteiger partial charge is 0.0781 e. The first-order chi connectivity index (χ1) is 5.33. The van der Waals surface area contributed by atoms with Gasteiger partial charge in [-0.15, -0.1) is 0 Å². The van der Waals surface area contributed by atoms with Crippen molar-refractivity contribution >= 4 is 11.8 Å². The minimum atomic E-state index is 1.10. The molecule has 0 nitrogen and oxygen atoms in total. The van der Waals surface area contributed by atoms with Crippen LogP contribution in [0.2, 0.25) is 0 Å². The molecule has 0 saturated heterocycles. The fourth-order valence-electron chi connectivity index (χ4n) is 0.833. The minimum absolute atomic E-state index is 1.10. The summed E-state index contributed by atoms with van der Waals surface area (Å²) in [5, 5.41) is 2.96. The van der Waals surface area contributed by atoms with Crippen molar-refractivity contribution in [2.75, 3.05) is 6.26 Å². The van der Waals surface area contributed by atoms with Crippen molar-refractivity contribution in [1.82, 2.24) is 0 Å². The molecule has 0 saturated carbocycles. The summed E-state index contributed by atoms with van der Waals surface area (Å²) in [6.45, 7) is 2.07. The Bertz CT molecular complexity index is 291. The van der Waals surface area contributed by atoms with E-state index < -0.39 is 0 Å². The molecule has 1 heteroatoms. The Hall–Kier alpha value is -0.870. The van der Waals surface area contributed by atoms with Crippen molar-refractivity contribution in [3.63, 3.8) is 0 Å². The highest BCUT2D eigenvalue weighted by Gasteiger charge is 1.85. The fraction of sp³-hybridized carbons (Fsp3) is 0.200. The van der Waals surface area contributed by atoms with Crippen LogP contribution < -0.4 is 0 Å². The second kappa shape index (κ2) is 4.10. The SMILES string of the molecule is CSC#Cc1cccc(C)c1. The van der Waals surface area contributed by atoms with Crippen LogP contribution >= 0.6 is 11.8 Å². The Kier molecular flexibility index (Phi) is 3.07. The first-order valence-corrected chi connectivity index (χ1v) is 4.66. The van der Waals surface area contributed by atoms with Gasteiger partial charge in [-0.1, -0.05) is 29.8 Å². The van der Waals surface area contributed by atoms with E-state index in [0.717, 1.165) is 5.56 Å². The fourth-order valence-corrected chi connectivity index (χ4v) is 1.05. The smallest absolute Gasteiger partial charge is 0.0256 e. The molecule has 0 aliphatic heterocycles. The highest BCUT2D eigenvalue weighted by molar-refractivity contribution is 8.03. The van der Waals surface area contributed by atoms with Crippen molar-refractivity contribution in [2.45, 2.75) is 6.92 Å². The van der Waals surface area contributed by atoms with Gasteiger partial charge in [-0.25, -0.2) is 0 Å². The van der Waals surface area contributed by atoms with Crippen LogP contribution in [0.3, 0.4) is 0 Å². The van der Waals surface area contributed by atoms with Crippen molar-refractivity contribution < 1.29 is 0 Å². The third-order valence-corrected chi connectivity index (χ3v) is 1.62. The zero-order valence-electron chi connectivity index (χ0n) is 6.72. The van der Waals surface area contributed by atoms with Gasteiger partial charge in [0.25, 0.3) is 0 Å². The molecule has 0 atom stereocenters. The molecular weight excluding hydrogens is 152 g/mol. The number of thioether (sulfide) groups is 1. The molecular formula is C10H10S. The van der Waals surface area contributed by atoms with Gasteiger partial charge >= 0.3 is 0 Å². The second-order valence-electron chi connectivity index (χ2n) is 2.30. The predicted octanol–water partition coefficient (Wildman–Crippen LogP) is 2.67. The zero-order chi connectivity index (χ0) is 8.10. The molecule has 1 aromatic rings. The molecule has 0 aliphatic carbocycles. The molecule has 0 spiro atoms. The quantitative estimate of drug-likeness (QED) is 0.528. The van der Waals surface area contributed by atoms with Gasteiger partial charge in [0.1, 0.15) is 0 Å². The average Bonchev–Trinajstić information content (AvgIpc) is 2.01. The maximum atomic E-state index is 3.05. The Labute approximate surface area is 72.0 Å². The molecule has 0 radical (unpaired) electrons. The average molecular weight is 162 g/mol. The van der Waals surface area contributed by atoms with E-state index in [1.165, 1.54) is 5.56 Å². The maximum absolute atomic E-state index is 3.05. The van der Waals surface area contributed by atoms with Gasteiger partial charge in [0.2, 0.25) is 0 Å². The summed E-state index contributed by atoms with van der Waals surface area (Å²) in [6.07, 6.45) is 1.97. The summed E-state index contributed by atoms with van der Waals surface area (Å²) >= 11 is 1.54. The standard InChI is InChI=1S/C10H10S/c1-9-4-3-5-10(8-9)6-7-11-2/h3-5,8H,1-2H3. The van der Waals surface area contributed by atoms with E-state index in [0.29, 0.717) is 0 Å². The van der Waals surface area contributed by atoms with Gasteiger partial charge in [-0.05, 0) is 36.1 Å². The van der Waals surface area contributed by atoms with Crippen LogP contribution in [0.5, 0.6) is 0 Å². The lowest BCUT2D eigenvalue weighted by atomic mass is 10.1. The number of rotatable bonds is 0. The molecule has 0 aromatic heterocycles. The van der Waals surface area contributed by atoms with Gasteiger partial charge in [-0.2, -0.15) is 0 Å². The summed E-state index contributed by atoms with van der Waals surface area (Å²) in [4.78, 5) is 0. The van der Waals surface area contributed by atoms with E-state index in [9.17, 15) is 0 Å². The molecule has 0 unspecified atom stereocenters. The van der Waals surface area contributed by atoms with E-state index >= 15 is 0 Å². The van der Waals surface area contributed by atoms with Crippen molar-refractivity contribution in [3.05, 3.63) is 35.4 Å². The van der Waals surface area contributed by atoms with Crippen molar-refractivity contribution in [1.29, 1.82) is 0 Å². The summed E-state index contributed by atoms with van der Waals surface area (Å²) in [7, 11) is 0. The molecule has 0 aliphatic rings. The third kappa shape index (κ3) is 2.69. The van der Waals surface area contributed by atoms with E-state index in [-0.39, 0.29) is 0 Å². The van der Waals surface area contributed by atoms with E-state index in [4.69, 9.17) is 0 Å². The molecule has 0 heterocycles. The Morgan fingerprint density at radius 2 is 2.18 bits per heavy atom. The number of hydrogen-bond acceptors (Lipinski definition) is 1. The van der Waals surface area contributed by atoms with Gasteiger partial charge in [0, 0.05) is 5.56 Å². The molecule has 0 amide bonds. The summed E-state index contributed by atoms with van der Waals surface area (Å²) in [6, 6.07) is 8.21. The van der Waals surface area contributed by atoms with Crippen LogP contribution in [0, 0.1) is 18.1 Å². The van der Waals surface area contributed by atoms with Crippen LogP contribution in [0.4, 0.5) is 0 Å². The first-order valence-electron chi connectivity index (χ1n) is 3.43. The Morgan fingerprint density at radius 3 is 2.82 bits per heavy atom. The summed E-state index contributed by atoms with van der Waals surface area (Å²) in [5.74, 6) is 3.05. The summed E-state index contributed by atoms with van der Waals surface area (Å²) < 4.78 is 0. The van der Waals surface area contributed by atoms with Gasteiger partial charge < -0.3 is 0 Å². The van der Waals surface area contributed by atoms with E-state index in [2.05, 4.69) is 30.2 Å². The topological polar surface area (TPSA) is 0 Å². The van der Waals surface area contributed by atoms with E-state index in [1.807, 2.05) is 18.4 Å². The number of benzene rings is 1. The highest BCUT2D eigenvalue weighted by Crippen LogP contribution is 2.02. The first kappa shape index (κ1) is 8.23. The highest BCUT2D eigenvalue weighted by atomic mass is 32.2. The van der Waals surface area contributed by atoms with E-state index in [1.54, 1.807) is 11.8 Å². The molecule has 1 aromatic carbocycles. The molecule has 1 rings (SSSR count). The lowest BCUT2D eigenvalue weighted by molar-refractivity contribution is 1.46. The number of hydrogen-bond donors (Lipinski definition) is 0. The van der Waals surface area contributed by atoms with Crippen molar-refractivity contribution in [3.8, 4) is 11.2 Å². The van der Waals surface area contributed by atoms with Crippen LogP contribution in [-0.4, -0.2) is 6.26 Å². The normalized spacial score (nSPS) is 8.55. The van der Waals surface area contributed by atoms with Crippen LogP contribution in [0.25, 0.3) is 0 Å². The van der Waals surface area contributed by atoms with Gasteiger partial charge in [0.15, 0.2) is 0 Å². The maximum Gasteiger partial charge on any atom is 0.0256 e. The third-order valence-electron chi connectivity index (χ3n) is 1.32. The molecule has 0 N–H and O–H groups in total. The predicted molar refractivity (Wildman–Crippen MR) is 51.6 cm³/mol. The van der Waals surface area contributed by atoms with Crippen LogP contribution in [0.15, 0.2) is 24.3 Å². The zero-order valence-corrected chi connectivity index (χ0v) is 7.53. The lowest BCUT2D eigenvalue weighted by Gasteiger charge is -1.91. The Balaban J connectivity index is 2.87. The number of aryl methyl sites for hydroxylation is 1. The summed E-state index contributed by atoms with van der Waals surface area (Å²) in [5.41, 5.74) is 2.36. The second-order valence-corrected chi connectivity index (χ2v) is 2.91. The van der Waals surface area contributed by atoms with Gasteiger partial charge in [0.05, 0.1) is 0 Å². The van der Waals surface area contributed by atoms with Crippen molar-refractivity contribution in [2.24, 2.45) is 0 Å². The molecule has 56 valence electrons.